The Kier molecular flexibility index (Phi) is 10.6. The maximum absolute atomic E-state index is 13.5. The Balaban J connectivity index is 0.000000315. The molecule has 1 amide bonds. The summed E-state index contributed by atoms with van der Waals surface area (Å²) in [5, 5.41) is 6.79. The molecule has 42 heavy (non-hydrogen) atoms. The summed E-state index contributed by atoms with van der Waals surface area (Å²) in [6, 6.07) is 0.161. The van der Waals surface area contributed by atoms with Crippen LogP contribution < -0.4 is 16.0 Å². The first kappa shape index (κ1) is 32.3. The normalized spacial score (nSPS) is 22.6. The summed E-state index contributed by atoms with van der Waals surface area (Å²) in [7, 11) is 0. The number of nitrogens with two attached hydrogens (primary N) is 1. The number of piperazine rings is 1. The van der Waals surface area contributed by atoms with E-state index in [1.807, 2.05) is 6.92 Å². The van der Waals surface area contributed by atoms with Crippen molar-refractivity contribution >= 4 is 17.5 Å². The number of nitrogens with zero attached hydrogens (tertiary/aromatic N) is 6. The van der Waals surface area contributed by atoms with Gasteiger partial charge in [-0.3, -0.25) is 9.69 Å². The molecule has 0 spiro atoms. The Labute approximate surface area is 242 Å². The van der Waals surface area contributed by atoms with Crippen molar-refractivity contribution in [2.75, 3.05) is 50.8 Å². The van der Waals surface area contributed by atoms with Crippen LogP contribution in [0.4, 0.5) is 27.8 Å². The molecule has 15 heteroatoms. The molecule has 3 aliphatic rings. The van der Waals surface area contributed by atoms with E-state index in [1.165, 1.54) is 0 Å². The van der Waals surface area contributed by atoms with E-state index in [-0.39, 0.29) is 43.7 Å². The molecule has 4 heterocycles. The number of hydrogen-bond donors (Lipinski definition) is 2. The van der Waals surface area contributed by atoms with Gasteiger partial charge in [-0.25, -0.2) is 18.3 Å². The molecule has 3 N–H and O–H groups in total. The monoisotopic (exact) mass is 604 g/mol. The van der Waals surface area contributed by atoms with E-state index in [9.17, 15) is 26.7 Å². The van der Waals surface area contributed by atoms with Gasteiger partial charge in [-0.2, -0.15) is 23.3 Å². The number of halogens is 5. The number of fused-ring (bicyclic) bond motifs is 1. The molecule has 236 valence electrons. The summed E-state index contributed by atoms with van der Waals surface area (Å²) in [6.45, 7) is 8.67. The van der Waals surface area contributed by atoms with Crippen molar-refractivity contribution in [3.05, 3.63) is 17.6 Å². The van der Waals surface area contributed by atoms with Gasteiger partial charge in [0.2, 0.25) is 11.8 Å². The number of rotatable bonds is 7. The van der Waals surface area contributed by atoms with Gasteiger partial charge in [0.1, 0.15) is 5.69 Å². The van der Waals surface area contributed by atoms with Gasteiger partial charge >= 0.3 is 6.18 Å². The molecule has 0 aromatic carbocycles. The summed E-state index contributed by atoms with van der Waals surface area (Å²) in [5.41, 5.74) is 7.94. The van der Waals surface area contributed by atoms with E-state index in [2.05, 4.69) is 25.2 Å². The Hall–Kier alpha value is -2.65. The summed E-state index contributed by atoms with van der Waals surface area (Å²) in [4.78, 5) is 24.6. The van der Waals surface area contributed by atoms with Crippen LogP contribution in [0, 0.1) is 12.8 Å². The highest BCUT2D eigenvalue weighted by Crippen LogP contribution is 2.40. The zero-order valence-electron chi connectivity index (χ0n) is 24.2. The van der Waals surface area contributed by atoms with Crippen molar-refractivity contribution in [3.63, 3.8) is 0 Å². The fourth-order valence-corrected chi connectivity index (χ4v) is 5.61. The number of aromatic nitrogens is 4. The average Bonchev–Trinajstić information content (AvgIpc) is 3.62. The predicted molar refractivity (Wildman–Crippen MR) is 146 cm³/mol. The number of alkyl halides is 5. The van der Waals surface area contributed by atoms with Gasteiger partial charge in [-0.05, 0) is 32.1 Å². The minimum absolute atomic E-state index is 0.0118. The topological polar surface area (TPSA) is 114 Å². The number of ether oxygens (including phenoxy) is 1. The Morgan fingerprint density at radius 3 is 2.45 bits per heavy atom. The molecule has 2 saturated heterocycles. The third kappa shape index (κ3) is 8.69. The molecular formula is C27H41F5N8O2. The average molecular weight is 605 g/mol. The molecule has 2 aliphatic heterocycles. The number of anilines is 1. The van der Waals surface area contributed by atoms with Gasteiger partial charge in [-0.15, -0.1) is 0 Å². The third-order valence-corrected chi connectivity index (χ3v) is 8.17. The van der Waals surface area contributed by atoms with Crippen LogP contribution in [0.15, 0.2) is 6.20 Å². The van der Waals surface area contributed by atoms with Gasteiger partial charge in [0.05, 0.1) is 31.0 Å². The summed E-state index contributed by atoms with van der Waals surface area (Å²) in [6.07, 6.45) is -1.37. The molecule has 10 nitrogen and oxygen atoms in total. The quantitative estimate of drug-likeness (QED) is 0.461. The van der Waals surface area contributed by atoms with E-state index in [0.29, 0.717) is 30.4 Å². The fourth-order valence-electron chi connectivity index (χ4n) is 5.61. The molecule has 2 atom stereocenters. The summed E-state index contributed by atoms with van der Waals surface area (Å²) in [5.74, 6) is -1.53. The first-order valence-electron chi connectivity index (χ1n) is 14.6. The Morgan fingerprint density at radius 1 is 1.17 bits per heavy atom. The highest BCUT2D eigenvalue weighted by molar-refractivity contribution is 5.75. The lowest BCUT2D eigenvalue weighted by Crippen LogP contribution is -2.51. The lowest BCUT2D eigenvalue weighted by Gasteiger charge is -2.38. The Bertz CT molecular complexity index is 1170. The maximum Gasteiger partial charge on any atom is 0.390 e. The number of nitrogens with one attached hydrogen (secondary N) is 1. The number of imidazole rings is 1. The van der Waals surface area contributed by atoms with Crippen molar-refractivity contribution in [2.24, 2.45) is 11.7 Å². The lowest BCUT2D eigenvalue weighted by atomic mass is 9.81. The third-order valence-electron chi connectivity index (χ3n) is 8.17. The zero-order chi connectivity index (χ0) is 30.5. The van der Waals surface area contributed by atoms with Gasteiger partial charge < -0.3 is 20.7 Å². The van der Waals surface area contributed by atoms with E-state index in [4.69, 9.17) is 15.5 Å². The van der Waals surface area contributed by atoms with Gasteiger partial charge in [0.15, 0.2) is 5.82 Å². The van der Waals surface area contributed by atoms with Crippen molar-refractivity contribution in [1.29, 1.82) is 0 Å². The standard InChI is InChI=1S/C21H31F2N7O.C6H10F3NO/c1-14-19(29-9-7-28(8-10-29)16-4-11-31-13-16)26-20-25-17(12-30(20)27-14)18(24)15-2-5-21(22,23)6-3-15;1-2-5(11)10-4-3-6(7,8)9/h12,15-16,18H,2-11,13,24H2,1H3;2-4H2,1H3,(H,10,11). The molecule has 1 aliphatic carbocycles. The second-order valence-corrected chi connectivity index (χ2v) is 11.3. The van der Waals surface area contributed by atoms with Crippen LogP contribution in [0.5, 0.6) is 0 Å². The minimum Gasteiger partial charge on any atom is -0.380 e. The molecule has 0 radical (unpaired) electrons. The van der Waals surface area contributed by atoms with Gasteiger partial charge in [0, 0.05) is 64.6 Å². The highest BCUT2D eigenvalue weighted by Gasteiger charge is 2.38. The van der Waals surface area contributed by atoms with Crippen LogP contribution >= 0.6 is 0 Å². The van der Waals surface area contributed by atoms with Crippen molar-refractivity contribution < 1.29 is 31.5 Å². The second kappa shape index (κ2) is 13.8. The van der Waals surface area contributed by atoms with E-state index in [0.717, 1.165) is 57.3 Å². The molecule has 2 unspecified atom stereocenters. The van der Waals surface area contributed by atoms with Gasteiger partial charge in [0.25, 0.3) is 5.78 Å². The van der Waals surface area contributed by atoms with Crippen molar-refractivity contribution in [1.82, 2.24) is 29.8 Å². The molecule has 2 aromatic heterocycles. The SMILES string of the molecule is CCC(=O)NCCC(F)(F)F.Cc1nn2cc(C(N)C3CCC(F)(F)CC3)nc2nc1N1CCN(C2CCOC2)CC1. The molecule has 3 fully saturated rings. The van der Waals surface area contributed by atoms with Crippen LogP contribution in [0.1, 0.15) is 69.3 Å². The first-order chi connectivity index (χ1) is 19.8. The number of amides is 1. The largest absolute Gasteiger partial charge is 0.390 e. The van der Waals surface area contributed by atoms with E-state index < -0.39 is 18.5 Å². The van der Waals surface area contributed by atoms with Crippen LogP contribution in [0.3, 0.4) is 0 Å². The Morgan fingerprint density at radius 2 is 1.86 bits per heavy atom. The number of carbonyl (C=O) groups excluding carboxylic acids is 1. The molecule has 5 rings (SSSR count). The number of aryl methyl sites for hydroxylation is 1. The smallest absolute Gasteiger partial charge is 0.380 e. The van der Waals surface area contributed by atoms with Gasteiger partial charge in [-0.1, -0.05) is 6.92 Å². The highest BCUT2D eigenvalue weighted by atomic mass is 19.4. The number of carbonyl (C=O) groups is 1. The van der Waals surface area contributed by atoms with Crippen LogP contribution in [0.25, 0.3) is 5.78 Å². The van der Waals surface area contributed by atoms with E-state index >= 15 is 0 Å². The van der Waals surface area contributed by atoms with Crippen LogP contribution in [-0.2, 0) is 9.53 Å². The van der Waals surface area contributed by atoms with Crippen molar-refractivity contribution in [2.45, 2.75) is 83.0 Å². The molecular weight excluding hydrogens is 563 g/mol. The number of hydrogen-bond acceptors (Lipinski definition) is 8. The predicted octanol–water partition coefficient (Wildman–Crippen LogP) is 3.63. The first-order valence-corrected chi connectivity index (χ1v) is 14.6. The molecule has 0 bridgehead atoms. The maximum atomic E-state index is 13.5. The summed E-state index contributed by atoms with van der Waals surface area (Å²) < 4.78 is 68.6. The fraction of sp³-hybridized carbons (Fsp3) is 0.778. The second-order valence-electron chi connectivity index (χ2n) is 11.3. The lowest BCUT2D eigenvalue weighted by molar-refractivity contribution is -0.135. The summed E-state index contributed by atoms with van der Waals surface area (Å²) >= 11 is 0. The minimum atomic E-state index is -4.18. The van der Waals surface area contributed by atoms with Crippen LogP contribution in [0.2, 0.25) is 0 Å². The zero-order valence-corrected chi connectivity index (χ0v) is 24.2. The molecule has 2 aromatic rings. The van der Waals surface area contributed by atoms with Crippen molar-refractivity contribution in [3.8, 4) is 0 Å². The molecule has 1 saturated carbocycles. The van der Waals surface area contributed by atoms with E-state index in [1.54, 1.807) is 17.6 Å². The van der Waals surface area contributed by atoms with Crippen LogP contribution in [-0.4, -0.2) is 94.5 Å².